The predicted octanol–water partition coefficient (Wildman–Crippen LogP) is -20.2. The van der Waals surface area contributed by atoms with E-state index in [0.29, 0.717) is 0 Å². The van der Waals surface area contributed by atoms with Gasteiger partial charge in [0.15, 0.2) is 0 Å². The number of carbonyl (C=O) groups is 3. The second-order valence-electron chi connectivity index (χ2n) is 2.42. The fraction of sp³-hybridized carbons (Fsp3) is 0.500. The fourth-order valence-electron chi connectivity index (χ4n) is 0.684. The first-order chi connectivity index (χ1) is 5.78. The van der Waals surface area contributed by atoms with Gasteiger partial charge < -0.3 is 47.2 Å². The number of aliphatic carboxylic acids is 3. The van der Waals surface area contributed by atoms with Crippen molar-refractivity contribution in [3.63, 3.8) is 0 Å². The average molecular weight is 317 g/mol. The van der Waals surface area contributed by atoms with Crippen LogP contribution in [0.3, 0.4) is 0 Å². The normalized spacial score (nSPS) is 7.83. The smallest absolute Gasteiger partial charge is 1.00 e. The van der Waals surface area contributed by atoms with E-state index in [2.05, 4.69) is 0 Å². The molecule has 0 saturated heterocycles. The molecule has 0 unspecified atom stereocenters. The van der Waals surface area contributed by atoms with Crippen LogP contribution in [0.25, 0.3) is 0 Å². The van der Waals surface area contributed by atoms with E-state index in [9.17, 15) is 29.7 Å². The molecular formula is C6H5ClNa4O7. The topological polar surface area (TPSA) is 141 Å². The van der Waals surface area contributed by atoms with Crippen molar-refractivity contribution in [3.8, 4) is 0 Å². The standard InChI is InChI=1S/C6H8O7.ClH.4Na/c7-3(8)1-6(13,5(11)12)2-4(9)10;;;;;/h13H,1-2H2,(H,7,8)(H,9,10)(H,11,12);1H;;;;/q;;4*+1/p-4. The average Bonchev–Trinajstić information content (AvgIpc) is 1.82. The van der Waals surface area contributed by atoms with Crippen LogP contribution in [0.5, 0.6) is 0 Å². The predicted molar refractivity (Wildman–Crippen MR) is 29.2 cm³/mol. The summed E-state index contributed by atoms with van der Waals surface area (Å²) in [6, 6.07) is 0. The fourth-order valence-corrected chi connectivity index (χ4v) is 0.684. The van der Waals surface area contributed by atoms with Gasteiger partial charge in [-0.15, -0.1) is 0 Å². The molecule has 0 atom stereocenters. The monoisotopic (exact) mass is 316 g/mol. The molecule has 0 bridgehead atoms. The van der Waals surface area contributed by atoms with Crippen molar-refractivity contribution >= 4 is 17.9 Å². The van der Waals surface area contributed by atoms with Crippen molar-refractivity contribution in [2.45, 2.75) is 18.4 Å². The first-order valence-electron chi connectivity index (χ1n) is 3.11. The van der Waals surface area contributed by atoms with Crippen molar-refractivity contribution < 1.29 is 165 Å². The van der Waals surface area contributed by atoms with E-state index in [-0.39, 0.29) is 131 Å². The number of carbonyl (C=O) groups excluding carboxylic acids is 3. The molecule has 0 radical (unpaired) electrons. The molecule has 1 N–H and O–H groups in total. The Morgan fingerprint density at radius 1 is 0.833 bits per heavy atom. The van der Waals surface area contributed by atoms with Gasteiger partial charge in [0.1, 0.15) is 5.60 Å². The molecule has 18 heavy (non-hydrogen) atoms. The maximum atomic E-state index is 10.1. The van der Waals surface area contributed by atoms with Crippen molar-refractivity contribution in [2.75, 3.05) is 0 Å². The maximum Gasteiger partial charge on any atom is 1.00 e. The summed E-state index contributed by atoms with van der Waals surface area (Å²) in [7, 11) is 0. The van der Waals surface area contributed by atoms with Crippen LogP contribution < -0.4 is 146 Å². The van der Waals surface area contributed by atoms with Gasteiger partial charge in [-0.1, -0.05) is 0 Å². The van der Waals surface area contributed by atoms with Crippen LogP contribution in [0, 0.1) is 0 Å². The van der Waals surface area contributed by atoms with E-state index in [1.54, 1.807) is 0 Å². The summed E-state index contributed by atoms with van der Waals surface area (Å²) >= 11 is 0. The van der Waals surface area contributed by atoms with E-state index in [1.807, 2.05) is 0 Å². The van der Waals surface area contributed by atoms with Gasteiger partial charge in [-0.2, -0.15) is 0 Å². The molecule has 0 aromatic heterocycles. The van der Waals surface area contributed by atoms with Crippen LogP contribution in [-0.2, 0) is 14.4 Å². The molecule has 82 valence electrons. The molecular weight excluding hydrogens is 311 g/mol. The van der Waals surface area contributed by atoms with Crippen molar-refractivity contribution in [1.82, 2.24) is 0 Å². The number of hydrogen-bond acceptors (Lipinski definition) is 7. The number of halogens is 1. The van der Waals surface area contributed by atoms with Gasteiger partial charge in [0.2, 0.25) is 0 Å². The Hall–Kier alpha value is 2.66. The molecule has 0 heterocycles. The Balaban J connectivity index is -0.0000000720. The van der Waals surface area contributed by atoms with Crippen LogP contribution in [0.2, 0.25) is 0 Å². The largest absolute Gasteiger partial charge is 1.00 e. The first-order valence-corrected chi connectivity index (χ1v) is 3.11. The van der Waals surface area contributed by atoms with Gasteiger partial charge in [-0.05, 0) is 0 Å². The zero-order chi connectivity index (χ0) is 10.6. The molecule has 0 saturated carbocycles. The van der Waals surface area contributed by atoms with Gasteiger partial charge >= 0.3 is 118 Å². The molecule has 0 spiro atoms. The summed E-state index contributed by atoms with van der Waals surface area (Å²) in [4.78, 5) is 30.0. The summed E-state index contributed by atoms with van der Waals surface area (Å²) in [6.45, 7) is 0. The molecule has 7 nitrogen and oxygen atoms in total. The molecule has 0 aliphatic carbocycles. The third-order valence-corrected chi connectivity index (χ3v) is 1.25. The Bertz CT molecular complexity index is 246. The zero-order valence-corrected chi connectivity index (χ0v) is 19.4. The van der Waals surface area contributed by atoms with E-state index < -0.39 is 36.4 Å². The minimum atomic E-state index is -2.97. The molecule has 0 aliphatic rings. The quantitative estimate of drug-likeness (QED) is 0.496. The molecule has 0 fully saturated rings. The molecule has 0 aliphatic heterocycles. The van der Waals surface area contributed by atoms with Gasteiger partial charge in [0, 0.05) is 24.8 Å². The number of carboxylic acid groups (broad SMARTS) is 3. The summed E-state index contributed by atoms with van der Waals surface area (Å²) < 4.78 is 0. The third kappa shape index (κ3) is 16.7. The summed E-state index contributed by atoms with van der Waals surface area (Å²) in [5, 5.41) is 38.9. The summed E-state index contributed by atoms with van der Waals surface area (Å²) in [5.41, 5.74) is -2.97. The van der Waals surface area contributed by atoms with Gasteiger partial charge in [0.25, 0.3) is 0 Å². The van der Waals surface area contributed by atoms with Gasteiger partial charge in [-0.25, -0.2) is 0 Å². The van der Waals surface area contributed by atoms with E-state index in [1.165, 1.54) is 0 Å². The second-order valence-corrected chi connectivity index (χ2v) is 2.42. The van der Waals surface area contributed by atoms with Crippen molar-refractivity contribution in [1.29, 1.82) is 0 Å². The van der Waals surface area contributed by atoms with Crippen LogP contribution in [-0.4, -0.2) is 28.6 Å². The molecule has 0 aromatic rings. The van der Waals surface area contributed by atoms with Crippen LogP contribution >= 0.6 is 0 Å². The summed E-state index contributed by atoms with van der Waals surface area (Å²) in [6.07, 6.45) is -2.72. The maximum absolute atomic E-state index is 10.1. The van der Waals surface area contributed by atoms with Crippen LogP contribution in [0.15, 0.2) is 0 Å². The minimum Gasteiger partial charge on any atom is -1.00 e. The van der Waals surface area contributed by atoms with E-state index in [0.717, 1.165) is 0 Å². The van der Waals surface area contributed by atoms with Gasteiger partial charge in [-0.3, -0.25) is 0 Å². The summed E-state index contributed by atoms with van der Waals surface area (Å²) in [5.74, 6) is -5.98. The van der Waals surface area contributed by atoms with E-state index in [4.69, 9.17) is 5.11 Å². The molecule has 0 rings (SSSR count). The Morgan fingerprint density at radius 2 is 1.06 bits per heavy atom. The number of hydrogen-bond donors (Lipinski definition) is 1. The number of rotatable bonds is 5. The number of aliphatic hydroxyl groups is 1. The molecule has 12 heteroatoms. The second kappa shape index (κ2) is 17.7. The van der Waals surface area contributed by atoms with Gasteiger partial charge in [0.05, 0.1) is 5.97 Å². The zero-order valence-electron chi connectivity index (χ0n) is 10.7. The van der Waals surface area contributed by atoms with Crippen molar-refractivity contribution in [3.05, 3.63) is 0 Å². The van der Waals surface area contributed by atoms with Crippen LogP contribution in [0.4, 0.5) is 0 Å². The third-order valence-electron chi connectivity index (χ3n) is 1.25. The van der Waals surface area contributed by atoms with E-state index >= 15 is 0 Å². The SMILES string of the molecule is O=C([O-])CC(O)(CC(=O)[O-])C(=O)[O-].[Cl-].[Na+].[Na+].[Na+].[Na+]. The Kier molecular flexibility index (Phi) is 36.6. The van der Waals surface area contributed by atoms with Crippen molar-refractivity contribution in [2.24, 2.45) is 0 Å². The Labute approximate surface area is 198 Å². The first kappa shape index (κ1) is 37.2. The molecule has 0 amide bonds. The van der Waals surface area contributed by atoms with Crippen LogP contribution in [0.1, 0.15) is 12.8 Å². The molecule has 0 aromatic carbocycles. The minimum absolute atomic E-state index is 0. The number of carboxylic acids is 3. The Morgan fingerprint density at radius 3 is 1.17 bits per heavy atom.